The molecule has 1 atom stereocenters. The Kier molecular flexibility index (Phi) is 6.11. The average molecular weight is 476 g/mol. The van der Waals surface area contributed by atoms with E-state index in [1.54, 1.807) is 25.1 Å². The molecule has 0 radical (unpaired) electrons. The fourth-order valence-corrected chi connectivity index (χ4v) is 7.38. The first-order valence-corrected chi connectivity index (χ1v) is 13.5. The number of fused-ring (bicyclic) bond motifs is 1. The van der Waals surface area contributed by atoms with Gasteiger partial charge in [-0.2, -0.15) is 4.31 Å². The Balaban J connectivity index is 1.30. The minimum atomic E-state index is -3.62. The first kappa shape index (κ1) is 22.0. The largest absolute Gasteiger partial charge is 0.379 e. The second kappa shape index (κ2) is 8.87. The molecule has 1 aromatic heterocycles. The van der Waals surface area contributed by atoms with Gasteiger partial charge >= 0.3 is 0 Å². The van der Waals surface area contributed by atoms with E-state index in [0.717, 1.165) is 13.0 Å². The van der Waals surface area contributed by atoms with Crippen molar-refractivity contribution in [3.8, 4) is 0 Å². The Morgan fingerprint density at radius 1 is 1.19 bits per heavy atom. The Bertz CT molecular complexity index is 1100. The van der Waals surface area contributed by atoms with Gasteiger partial charge in [-0.1, -0.05) is 6.07 Å². The van der Waals surface area contributed by atoms with Crippen molar-refractivity contribution < 1.29 is 17.9 Å². The second-order valence-electron chi connectivity index (χ2n) is 8.85. The molecule has 2 aliphatic heterocycles. The minimum Gasteiger partial charge on any atom is -0.379 e. The smallest absolute Gasteiger partial charge is 0.243 e. The van der Waals surface area contributed by atoms with Crippen LogP contribution in [0.1, 0.15) is 34.9 Å². The summed E-state index contributed by atoms with van der Waals surface area (Å²) in [6.07, 6.45) is 3.42. The number of carbonyl (C=O) groups excluding carboxylic acids is 1. The lowest BCUT2D eigenvalue weighted by Gasteiger charge is -2.35. The highest BCUT2D eigenvalue weighted by Gasteiger charge is 2.40. The number of nitrogens with zero attached hydrogens (tertiary/aromatic N) is 2. The standard InChI is InChI=1S/C23H29N3O4S2/c1-16-2-5-18(14-21(16)32(28,29)26-9-11-30-12-10-26)24-22(27)15-25-8-6-20-19(7-13-31-20)23(25)17-3-4-17/h2,5,7,13-14,17,23H,3-4,6,8-12,15H2,1H3,(H,24,27). The number of rotatable bonds is 6. The highest BCUT2D eigenvalue weighted by Crippen LogP contribution is 2.48. The molecular formula is C23H29N3O4S2. The summed E-state index contributed by atoms with van der Waals surface area (Å²) in [5.74, 6) is 0.536. The van der Waals surface area contributed by atoms with E-state index in [9.17, 15) is 13.2 Å². The van der Waals surface area contributed by atoms with Crippen molar-refractivity contribution in [2.24, 2.45) is 5.92 Å². The van der Waals surface area contributed by atoms with Gasteiger partial charge in [-0.15, -0.1) is 11.3 Å². The molecule has 9 heteroatoms. The molecule has 2 fully saturated rings. The molecule has 1 aliphatic carbocycles. The molecule has 1 N–H and O–H groups in total. The van der Waals surface area contributed by atoms with Gasteiger partial charge in [-0.05, 0) is 66.8 Å². The predicted octanol–water partition coefficient (Wildman–Crippen LogP) is 3.03. The Morgan fingerprint density at radius 2 is 1.97 bits per heavy atom. The van der Waals surface area contributed by atoms with Crippen molar-refractivity contribution in [1.29, 1.82) is 0 Å². The van der Waals surface area contributed by atoms with E-state index in [1.165, 1.54) is 27.6 Å². The van der Waals surface area contributed by atoms with E-state index >= 15 is 0 Å². The third-order valence-corrected chi connectivity index (χ3v) is 9.63. The zero-order chi connectivity index (χ0) is 22.3. The van der Waals surface area contributed by atoms with Crippen LogP contribution >= 0.6 is 11.3 Å². The van der Waals surface area contributed by atoms with Gasteiger partial charge in [-0.3, -0.25) is 9.69 Å². The van der Waals surface area contributed by atoms with E-state index < -0.39 is 10.0 Å². The number of aryl methyl sites for hydroxylation is 1. The maximum absolute atomic E-state index is 13.1. The molecule has 1 aromatic carbocycles. The molecule has 1 amide bonds. The van der Waals surface area contributed by atoms with E-state index in [2.05, 4.69) is 21.7 Å². The predicted molar refractivity (Wildman–Crippen MR) is 124 cm³/mol. The fraction of sp³-hybridized carbons (Fsp3) is 0.522. The average Bonchev–Trinajstić information content (AvgIpc) is 3.51. The minimum absolute atomic E-state index is 0.104. The van der Waals surface area contributed by atoms with E-state index in [4.69, 9.17) is 4.74 Å². The maximum Gasteiger partial charge on any atom is 0.243 e. The van der Waals surface area contributed by atoms with Crippen molar-refractivity contribution in [2.45, 2.75) is 37.1 Å². The lowest BCUT2D eigenvalue weighted by atomic mass is 9.96. The number of anilines is 1. The van der Waals surface area contributed by atoms with Gasteiger partial charge in [0.15, 0.2) is 0 Å². The molecule has 2 aromatic rings. The molecule has 5 rings (SSSR count). The van der Waals surface area contributed by atoms with Crippen LogP contribution in [0.5, 0.6) is 0 Å². The third-order valence-electron chi connectivity index (χ3n) is 6.59. The second-order valence-corrected chi connectivity index (χ2v) is 11.8. The third kappa shape index (κ3) is 4.36. The lowest BCUT2D eigenvalue weighted by molar-refractivity contribution is -0.118. The SMILES string of the molecule is Cc1ccc(NC(=O)CN2CCc3sccc3C2C2CC2)cc1S(=O)(=O)N1CCOCC1. The van der Waals surface area contributed by atoms with Crippen LogP contribution < -0.4 is 5.32 Å². The van der Waals surface area contributed by atoms with E-state index in [-0.39, 0.29) is 10.8 Å². The van der Waals surface area contributed by atoms with Crippen LogP contribution in [0.2, 0.25) is 0 Å². The molecule has 1 saturated carbocycles. The molecular weight excluding hydrogens is 446 g/mol. The molecule has 1 unspecified atom stereocenters. The van der Waals surface area contributed by atoms with Gasteiger partial charge in [0, 0.05) is 36.2 Å². The molecule has 32 heavy (non-hydrogen) atoms. The molecule has 3 aliphatic rings. The zero-order valence-corrected chi connectivity index (χ0v) is 19.9. The molecule has 0 spiro atoms. The molecule has 3 heterocycles. The van der Waals surface area contributed by atoms with Crippen molar-refractivity contribution >= 4 is 33.0 Å². The van der Waals surface area contributed by atoms with Crippen LogP contribution in [0.25, 0.3) is 0 Å². The highest BCUT2D eigenvalue weighted by molar-refractivity contribution is 7.89. The van der Waals surface area contributed by atoms with E-state index in [0.29, 0.717) is 56.1 Å². The topological polar surface area (TPSA) is 79.0 Å². The molecule has 172 valence electrons. The van der Waals surface area contributed by atoms with Gasteiger partial charge < -0.3 is 10.1 Å². The molecule has 0 bridgehead atoms. The van der Waals surface area contributed by atoms with Crippen LogP contribution in [-0.2, 0) is 26.0 Å². The summed E-state index contributed by atoms with van der Waals surface area (Å²) < 4.78 is 33.0. The summed E-state index contributed by atoms with van der Waals surface area (Å²) in [6.45, 7) is 4.48. The Morgan fingerprint density at radius 3 is 2.72 bits per heavy atom. The van der Waals surface area contributed by atoms with Crippen LogP contribution in [0, 0.1) is 12.8 Å². The quantitative estimate of drug-likeness (QED) is 0.695. The number of benzene rings is 1. The van der Waals surface area contributed by atoms with Crippen molar-refractivity contribution in [3.05, 3.63) is 45.6 Å². The number of hydrogen-bond donors (Lipinski definition) is 1. The summed E-state index contributed by atoms with van der Waals surface area (Å²) in [5.41, 5.74) is 2.58. The molecule has 1 saturated heterocycles. The Labute approximate surface area is 193 Å². The van der Waals surface area contributed by atoms with Gasteiger partial charge in [0.2, 0.25) is 15.9 Å². The van der Waals surface area contributed by atoms with Gasteiger partial charge in [0.25, 0.3) is 0 Å². The summed E-state index contributed by atoms with van der Waals surface area (Å²) in [6, 6.07) is 7.66. The van der Waals surface area contributed by atoms with Gasteiger partial charge in [-0.25, -0.2) is 8.42 Å². The molecule has 7 nitrogen and oxygen atoms in total. The highest BCUT2D eigenvalue weighted by atomic mass is 32.2. The number of sulfonamides is 1. The van der Waals surface area contributed by atoms with Gasteiger partial charge in [0.05, 0.1) is 24.7 Å². The number of amides is 1. The first-order valence-electron chi connectivity index (χ1n) is 11.2. The first-order chi connectivity index (χ1) is 15.4. The van der Waals surface area contributed by atoms with Crippen LogP contribution in [0.15, 0.2) is 34.5 Å². The lowest BCUT2D eigenvalue weighted by Crippen LogP contribution is -2.41. The number of thiophene rings is 1. The fourth-order valence-electron chi connectivity index (χ4n) is 4.81. The van der Waals surface area contributed by atoms with Crippen LogP contribution in [0.4, 0.5) is 5.69 Å². The van der Waals surface area contributed by atoms with Crippen molar-refractivity contribution in [3.63, 3.8) is 0 Å². The van der Waals surface area contributed by atoms with Crippen molar-refractivity contribution in [1.82, 2.24) is 9.21 Å². The number of ether oxygens (including phenoxy) is 1. The summed E-state index contributed by atoms with van der Waals surface area (Å²) >= 11 is 1.82. The number of morpholine rings is 1. The maximum atomic E-state index is 13.1. The summed E-state index contributed by atoms with van der Waals surface area (Å²) in [5, 5.41) is 5.10. The normalized spacial score (nSPS) is 22.5. The van der Waals surface area contributed by atoms with Crippen LogP contribution in [0.3, 0.4) is 0 Å². The number of carbonyl (C=O) groups is 1. The Hall–Kier alpha value is -1.78. The van der Waals surface area contributed by atoms with E-state index in [1.807, 2.05) is 11.3 Å². The summed E-state index contributed by atoms with van der Waals surface area (Å²) in [7, 11) is -3.62. The van der Waals surface area contributed by atoms with Crippen molar-refractivity contribution in [2.75, 3.05) is 44.7 Å². The zero-order valence-electron chi connectivity index (χ0n) is 18.2. The monoisotopic (exact) mass is 475 g/mol. The number of nitrogens with one attached hydrogen (secondary N) is 1. The van der Waals surface area contributed by atoms with Crippen LogP contribution in [-0.4, -0.2) is 62.9 Å². The van der Waals surface area contributed by atoms with Gasteiger partial charge in [0.1, 0.15) is 0 Å². The number of hydrogen-bond acceptors (Lipinski definition) is 6. The summed E-state index contributed by atoms with van der Waals surface area (Å²) in [4.78, 5) is 16.9.